The number of hydrogen-bond donors (Lipinski definition) is 2. The van der Waals surface area contributed by atoms with Gasteiger partial charge in [-0.05, 0) is 39.5 Å². The molecular weight excluding hydrogens is 242 g/mol. The van der Waals surface area contributed by atoms with Crippen molar-refractivity contribution in [1.82, 2.24) is 5.32 Å². The van der Waals surface area contributed by atoms with Crippen molar-refractivity contribution in [3.63, 3.8) is 0 Å². The van der Waals surface area contributed by atoms with Crippen LogP contribution in [0.2, 0.25) is 0 Å². The fourth-order valence-corrected chi connectivity index (χ4v) is 1.81. The molecule has 0 heterocycles. The number of hydrogen-bond acceptors (Lipinski definition) is 3. The Morgan fingerprint density at radius 3 is 2.32 bits per heavy atom. The summed E-state index contributed by atoms with van der Waals surface area (Å²) in [5.41, 5.74) is -0.494. The van der Waals surface area contributed by atoms with Crippen LogP contribution in [0.5, 0.6) is 0 Å². The Morgan fingerprint density at radius 2 is 1.89 bits per heavy atom. The second-order valence-corrected chi connectivity index (χ2v) is 6.53. The minimum Gasteiger partial charge on any atom is -0.444 e. The van der Waals surface area contributed by atoms with E-state index >= 15 is 0 Å². The average Bonchev–Trinajstić information content (AvgIpc) is 2.22. The van der Waals surface area contributed by atoms with E-state index in [9.17, 15) is 9.90 Å². The van der Waals surface area contributed by atoms with Crippen LogP contribution in [0.4, 0.5) is 4.79 Å². The van der Waals surface area contributed by atoms with Crippen molar-refractivity contribution in [1.29, 1.82) is 0 Å². The first kappa shape index (κ1) is 18.2. The van der Waals surface area contributed by atoms with Crippen molar-refractivity contribution in [2.45, 2.75) is 85.0 Å². The molecule has 0 radical (unpaired) electrons. The highest BCUT2D eigenvalue weighted by molar-refractivity contribution is 5.68. The molecule has 0 rings (SSSR count). The van der Waals surface area contributed by atoms with Gasteiger partial charge < -0.3 is 15.2 Å². The average molecular weight is 273 g/mol. The number of nitrogens with one attached hydrogen (secondary N) is 1. The van der Waals surface area contributed by atoms with Crippen LogP contribution < -0.4 is 5.32 Å². The molecule has 0 aromatic carbocycles. The molecule has 19 heavy (non-hydrogen) atoms. The molecule has 4 heteroatoms. The van der Waals surface area contributed by atoms with Crippen molar-refractivity contribution < 1.29 is 14.6 Å². The molecule has 0 spiro atoms. The number of rotatable bonds is 7. The lowest BCUT2D eigenvalue weighted by atomic mass is 9.96. The molecule has 0 aliphatic rings. The molecule has 0 aliphatic carbocycles. The number of unbranched alkanes of at least 4 members (excludes halogenated alkanes) is 1. The molecule has 114 valence electrons. The first-order chi connectivity index (χ1) is 8.65. The van der Waals surface area contributed by atoms with Gasteiger partial charge in [0, 0.05) is 6.04 Å². The lowest BCUT2D eigenvalue weighted by molar-refractivity contribution is 0.0458. The number of carbonyl (C=O) groups excluding carboxylic acids is 1. The predicted molar refractivity (Wildman–Crippen MR) is 78.1 cm³/mol. The zero-order valence-electron chi connectivity index (χ0n) is 13.3. The van der Waals surface area contributed by atoms with E-state index in [1.165, 1.54) is 0 Å². The van der Waals surface area contributed by atoms with Crippen LogP contribution in [0.25, 0.3) is 0 Å². The third-order valence-electron chi connectivity index (χ3n) is 2.92. The smallest absolute Gasteiger partial charge is 0.407 e. The fourth-order valence-electron chi connectivity index (χ4n) is 1.81. The zero-order valence-corrected chi connectivity index (χ0v) is 13.3. The Kier molecular flexibility index (Phi) is 8.07. The van der Waals surface area contributed by atoms with Gasteiger partial charge in [0.15, 0.2) is 0 Å². The number of aliphatic hydroxyl groups is 1. The van der Waals surface area contributed by atoms with Crippen LogP contribution in [0.15, 0.2) is 0 Å². The molecule has 0 saturated heterocycles. The van der Waals surface area contributed by atoms with Gasteiger partial charge >= 0.3 is 6.09 Å². The summed E-state index contributed by atoms with van der Waals surface area (Å²) in [4.78, 5) is 11.8. The minimum atomic E-state index is -0.494. The molecule has 0 aromatic heterocycles. The van der Waals surface area contributed by atoms with Gasteiger partial charge in [0.2, 0.25) is 0 Å². The maximum Gasteiger partial charge on any atom is 0.407 e. The quantitative estimate of drug-likeness (QED) is 0.746. The second-order valence-electron chi connectivity index (χ2n) is 6.53. The molecule has 2 N–H and O–H groups in total. The van der Waals surface area contributed by atoms with Crippen LogP contribution in [0, 0.1) is 5.92 Å². The van der Waals surface area contributed by atoms with Crippen molar-refractivity contribution in [3.8, 4) is 0 Å². The highest BCUT2D eigenvalue weighted by Gasteiger charge is 2.23. The summed E-state index contributed by atoms with van der Waals surface area (Å²) in [5.74, 6) is 0.267. The number of ether oxygens (including phenoxy) is 1. The molecule has 0 aromatic rings. The predicted octanol–water partition coefficient (Wildman–Crippen LogP) is 3.48. The van der Waals surface area contributed by atoms with E-state index in [1.54, 1.807) is 0 Å². The van der Waals surface area contributed by atoms with Gasteiger partial charge in [-0.15, -0.1) is 0 Å². The van der Waals surface area contributed by atoms with E-state index in [0.29, 0.717) is 6.42 Å². The Hall–Kier alpha value is -0.770. The van der Waals surface area contributed by atoms with Crippen LogP contribution in [0.3, 0.4) is 0 Å². The van der Waals surface area contributed by atoms with E-state index in [-0.39, 0.29) is 18.1 Å². The van der Waals surface area contributed by atoms with E-state index < -0.39 is 11.7 Å². The maximum atomic E-state index is 11.8. The van der Waals surface area contributed by atoms with Gasteiger partial charge in [0.1, 0.15) is 5.60 Å². The summed E-state index contributed by atoms with van der Waals surface area (Å²) in [7, 11) is 0. The third-order valence-corrected chi connectivity index (χ3v) is 2.92. The molecule has 0 saturated carbocycles. The third kappa shape index (κ3) is 9.77. The van der Waals surface area contributed by atoms with Gasteiger partial charge in [-0.2, -0.15) is 0 Å². The van der Waals surface area contributed by atoms with E-state index in [4.69, 9.17) is 4.74 Å². The van der Waals surface area contributed by atoms with E-state index in [2.05, 4.69) is 12.2 Å². The van der Waals surface area contributed by atoms with E-state index in [0.717, 1.165) is 19.3 Å². The Balaban J connectivity index is 4.30. The largest absolute Gasteiger partial charge is 0.444 e. The molecule has 0 bridgehead atoms. The second kappa shape index (κ2) is 8.41. The van der Waals surface area contributed by atoms with Crippen molar-refractivity contribution in [2.24, 2.45) is 5.92 Å². The summed E-state index contributed by atoms with van der Waals surface area (Å²) in [6.07, 6.45) is 2.68. The van der Waals surface area contributed by atoms with Crippen LogP contribution >= 0.6 is 0 Å². The molecule has 0 unspecified atom stereocenters. The summed E-state index contributed by atoms with van der Waals surface area (Å²) < 4.78 is 5.25. The zero-order chi connectivity index (χ0) is 15.1. The summed E-state index contributed by atoms with van der Waals surface area (Å²) >= 11 is 0. The maximum absolute atomic E-state index is 11.8. The topological polar surface area (TPSA) is 58.6 Å². The van der Waals surface area contributed by atoms with Gasteiger partial charge in [0.25, 0.3) is 0 Å². The molecule has 4 nitrogen and oxygen atoms in total. The highest BCUT2D eigenvalue weighted by atomic mass is 16.6. The Labute approximate surface area is 117 Å². The molecular formula is C15H31NO3. The van der Waals surface area contributed by atoms with Gasteiger partial charge in [-0.1, -0.05) is 33.6 Å². The Bertz CT molecular complexity index is 259. The first-order valence-corrected chi connectivity index (χ1v) is 7.33. The normalized spacial score (nSPS) is 15.2. The minimum absolute atomic E-state index is 0.0540. The lowest BCUT2D eigenvalue weighted by Crippen LogP contribution is -2.43. The number of carbonyl (C=O) groups is 1. The first-order valence-electron chi connectivity index (χ1n) is 7.33. The van der Waals surface area contributed by atoms with E-state index in [1.807, 2.05) is 34.6 Å². The monoisotopic (exact) mass is 273 g/mol. The molecule has 0 fully saturated rings. The summed E-state index contributed by atoms with van der Waals surface area (Å²) in [5, 5.41) is 12.8. The van der Waals surface area contributed by atoms with Crippen LogP contribution in [-0.2, 0) is 4.74 Å². The van der Waals surface area contributed by atoms with Crippen LogP contribution in [0.1, 0.15) is 67.2 Å². The lowest BCUT2D eigenvalue weighted by Gasteiger charge is -2.27. The molecule has 1 amide bonds. The van der Waals surface area contributed by atoms with Gasteiger partial charge in [-0.25, -0.2) is 4.79 Å². The van der Waals surface area contributed by atoms with Gasteiger partial charge in [-0.3, -0.25) is 0 Å². The number of alkyl carbamates (subject to hydrolysis) is 1. The molecule has 2 atom stereocenters. The van der Waals surface area contributed by atoms with Crippen molar-refractivity contribution >= 4 is 6.09 Å². The van der Waals surface area contributed by atoms with Crippen molar-refractivity contribution in [3.05, 3.63) is 0 Å². The SMILES string of the molecule is CCCC[C@@H](O)C[C@H](NC(=O)OC(C)(C)C)C(C)C. The van der Waals surface area contributed by atoms with Crippen LogP contribution in [-0.4, -0.2) is 28.9 Å². The summed E-state index contributed by atoms with van der Waals surface area (Å²) in [6.45, 7) is 11.7. The standard InChI is InChI=1S/C15H31NO3/c1-7-8-9-12(17)10-13(11(2)3)16-14(18)19-15(4,5)6/h11-13,17H,7-10H2,1-6H3,(H,16,18)/t12-,13+/m1/s1. The van der Waals surface area contributed by atoms with Crippen molar-refractivity contribution in [2.75, 3.05) is 0 Å². The fraction of sp³-hybridized carbons (Fsp3) is 0.933. The molecule has 0 aliphatic heterocycles. The highest BCUT2D eigenvalue weighted by Crippen LogP contribution is 2.14. The number of amides is 1. The Morgan fingerprint density at radius 1 is 1.32 bits per heavy atom. The van der Waals surface area contributed by atoms with Gasteiger partial charge in [0.05, 0.1) is 6.10 Å². The number of aliphatic hydroxyl groups excluding tert-OH is 1. The summed E-state index contributed by atoms with van der Waals surface area (Å²) in [6, 6.07) is -0.0540.